The van der Waals surface area contributed by atoms with Gasteiger partial charge in [0.1, 0.15) is 12.4 Å². The number of nitrogens with zero attached hydrogens (tertiary/aromatic N) is 2. The van der Waals surface area contributed by atoms with Gasteiger partial charge in [-0.05, 0) is 80.4 Å². The number of halogens is 2. The molecule has 170 valence electrons. The Kier molecular flexibility index (Phi) is 7.12. The van der Waals surface area contributed by atoms with Gasteiger partial charge in [-0.1, -0.05) is 59.1 Å². The molecule has 0 saturated heterocycles. The van der Waals surface area contributed by atoms with Gasteiger partial charge >= 0.3 is 0 Å². The Bertz CT molecular complexity index is 1390. The van der Waals surface area contributed by atoms with Gasteiger partial charge in [0.05, 0.1) is 11.6 Å². The molecule has 0 aliphatic heterocycles. The van der Waals surface area contributed by atoms with Crippen LogP contribution >= 0.6 is 23.2 Å². The van der Waals surface area contributed by atoms with Crippen molar-refractivity contribution in [2.45, 2.75) is 27.4 Å². The van der Waals surface area contributed by atoms with Crippen LogP contribution in [0.4, 0.5) is 0 Å². The van der Waals surface area contributed by atoms with Crippen LogP contribution in [0.3, 0.4) is 0 Å². The predicted molar refractivity (Wildman–Crippen MR) is 141 cm³/mol. The van der Waals surface area contributed by atoms with Crippen molar-refractivity contribution >= 4 is 34.9 Å². The van der Waals surface area contributed by atoms with Crippen molar-refractivity contribution in [2.75, 3.05) is 0 Å². The van der Waals surface area contributed by atoms with Crippen LogP contribution in [0.25, 0.3) is 17.3 Å². The molecular formula is C29H24Cl2N2O. The van der Waals surface area contributed by atoms with Gasteiger partial charge in [-0.2, -0.15) is 5.26 Å². The van der Waals surface area contributed by atoms with Crippen LogP contribution in [0, 0.1) is 32.1 Å². The minimum atomic E-state index is 0.363. The fourth-order valence-electron chi connectivity index (χ4n) is 3.89. The van der Waals surface area contributed by atoms with Crippen LogP contribution in [0.15, 0.2) is 72.8 Å². The number of aryl methyl sites for hydroxylation is 2. The zero-order chi connectivity index (χ0) is 24.2. The highest BCUT2D eigenvalue weighted by Crippen LogP contribution is 2.27. The molecule has 0 aliphatic carbocycles. The Morgan fingerprint density at radius 3 is 2.29 bits per heavy atom. The van der Waals surface area contributed by atoms with Gasteiger partial charge in [0.15, 0.2) is 0 Å². The molecule has 0 aliphatic rings. The third-order valence-corrected chi connectivity index (χ3v) is 6.34. The number of rotatable bonds is 6. The number of benzene rings is 3. The van der Waals surface area contributed by atoms with Crippen molar-refractivity contribution in [3.63, 3.8) is 0 Å². The molecule has 34 heavy (non-hydrogen) atoms. The summed E-state index contributed by atoms with van der Waals surface area (Å²) in [7, 11) is 0. The quantitative estimate of drug-likeness (QED) is 0.256. The summed E-state index contributed by atoms with van der Waals surface area (Å²) in [4.78, 5) is 0. The first-order valence-corrected chi connectivity index (χ1v) is 11.7. The molecule has 0 saturated carbocycles. The van der Waals surface area contributed by atoms with Crippen LogP contribution in [0.5, 0.6) is 5.75 Å². The highest BCUT2D eigenvalue weighted by molar-refractivity contribution is 6.35. The molecule has 0 unspecified atom stereocenters. The molecule has 0 amide bonds. The summed E-state index contributed by atoms with van der Waals surface area (Å²) in [5.41, 5.74) is 7.82. The number of ether oxygens (including phenoxy) is 1. The Morgan fingerprint density at radius 2 is 1.65 bits per heavy atom. The fourth-order valence-corrected chi connectivity index (χ4v) is 4.35. The van der Waals surface area contributed by atoms with E-state index < -0.39 is 0 Å². The average molecular weight is 487 g/mol. The van der Waals surface area contributed by atoms with Gasteiger partial charge in [-0.15, -0.1) is 0 Å². The molecular weight excluding hydrogens is 463 g/mol. The van der Waals surface area contributed by atoms with Crippen LogP contribution in [-0.2, 0) is 6.61 Å². The van der Waals surface area contributed by atoms with E-state index in [2.05, 4.69) is 30.6 Å². The zero-order valence-corrected chi connectivity index (χ0v) is 20.8. The molecule has 0 N–H and O–H groups in total. The molecule has 3 aromatic carbocycles. The van der Waals surface area contributed by atoms with Crippen molar-refractivity contribution in [3.8, 4) is 17.5 Å². The SMILES string of the molecule is Cc1ccc(/C(C#N)=C\c2cc(C)n(-c3ccc(OCc4ccc(Cl)cc4Cl)cc3)c2C)cc1. The van der Waals surface area contributed by atoms with E-state index in [0.29, 0.717) is 22.2 Å². The molecule has 0 bridgehead atoms. The summed E-state index contributed by atoms with van der Waals surface area (Å²) in [6.07, 6.45) is 1.96. The van der Waals surface area contributed by atoms with Crippen molar-refractivity contribution in [2.24, 2.45) is 0 Å². The lowest BCUT2D eigenvalue weighted by Gasteiger charge is -2.12. The highest BCUT2D eigenvalue weighted by atomic mass is 35.5. The maximum absolute atomic E-state index is 9.73. The van der Waals surface area contributed by atoms with Crippen LogP contribution in [0.2, 0.25) is 10.0 Å². The normalized spacial score (nSPS) is 11.4. The second-order valence-electron chi connectivity index (χ2n) is 8.22. The van der Waals surface area contributed by atoms with Crippen molar-refractivity contribution in [3.05, 3.63) is 116 Å². The van der Waals surface area contributed by atoms with Crippen molar-refractivity contribution in [1.82, 2.24) is 4.57 Å². The highest BCUT2D eigenvalue weighted by Gasteiger charge is 2.11. The van der Waals surface area contributed by atoms with E-state index in [4.69, 9.17) is 27.9 Å². The second-order valence-corrected chi connectivity index (χ2v) is 9.06. The summed E-state index contributed by atoms with van der Waals surface area (Å²) in [5, 5.41) is 10.9. The lowest BCUT2D eigenvalue weighted by molar-refractivity contribution is 0.306. The van der Waals surface area contributed by atoms with E-state index in [-0.39, 0.29) is 0 Å². The molecule has 0 spiro atoms. The van der Waals surface area contributed by atoms with Gasteiger partial charge in [-0.25, -0.2) is 0 Å². The molecule has 0 fully saturated rings. The summed E-state index contributed by atoms with van der Waals surface area (Å²) in [6, 6.07) is 25.8. The number of hydrogen-bond donors (Lipinski definition) is 0. The molecule has 1 heterocycles. The Labute approximate surface area is 210 Å². The third-order valence-electron chi connectivity index (χ3n) is 5.76. The van der Waals surface area contributed by atoms with E-state index in [0.717, 1.165) is 39.5 Å². The van der Waals surface area contributed by atoms with Gasteiger partial charge in [-0.3, -0.25) is 0 Å². The number of allylic oxidation sites excluding steroid dienone is 1. The first kappa shape index (κ1) is 23.7. The maximum Gasteiger partial charge on any atom is 0.119 e. The minimum absolute atomic E-state index is 0.363. The van der Waals surface area contributed by atoms with E-state index in [1.54, 1.807) is 12.1 Å². The van der Waals surface area contributed by atoms with Crippen molar-refractivity contribution < 1.29 is 4.74 Å². The standard InChI is InChI=1S/C29H24Cl2N2O/c1-19-4-6-22(7-5-19)25(17-32)15-24-14-20(2)33(21(24)3)27-10-12-28(13-11-27)34-18-23-8-9-26(30)16-29(23)31/h4-16H,18H2,1-3H3/b25-15-. The summed E-state index contributed by atoms with van der Waals surface area (Å²) >= 11 is 12.2. The topological polar surface area (TPSA) is 38.0 Å². The monoisotopic (exact) mass is 486 g/mol. The molecule has 4 rings (SSSR count). The maximum atomic E-state index is 9.73. The molecule has 0 radical (unpaired) electrons. The second kappa shape index (κ2) is 10.2. The lowest BCUT2D eigenvalue weighted by Crippen LogP contribution is -2.00. The molecule has 5 heteroatoms. The van der Waals surface area contributed by atoms with Crippen LogP contribution in [-0.4, -0.2) is 4.57 Å². The van der Waals surface area contributed by atoms with Gasteiger partial charge in [0.25, 0.3) is 0 Å². The summed E-state index contributed by atoms with van der Waals surface area (Å²) < 4.78 is 8.09. The van der Waals surface area contributed by atoms with E-state index in [1.165, 1.54) is 5.56 Å². The van der Waals surface area contributed by atoms with E-state index >= 15 is 0 Å². The van der Waals surface area contributed by atoms with Crippen molar-refractivity contribution in [1.29, 1.82) is 5.26 Å². The third kappa shape index (κ3) is 5.20. The van der Waals surface area contributed by atoms with Gasteiger partial charge in [0, 0.05) is 32.7 Å². The van der Waals surface area contributed by atoms with Crippen LogP contribution < -0.4 is 4.74 Å². The number of nitriles is 1. The fraction of sp³-hybridized carbons (Fsp3) is 0.138. The molecule has 3 nitrogen and oxygen atoms in total. The van der Waals surface area contributed by atoms with E-state index in [1.807, 2.05) is 67.6 Å². The number of hydrogen-bond acceptors (Lipinski definition) is 2. The number of aromatic nitrogens is 1. The predicted octanol–water partition coefficient (Wildman–Crippen LogP) is 8.35. The van der Waals surface area contributed by atoms with E-state index in [9.17, 15) is 5.26 Å². The Hall–Kier alpha value is -3.45. The largest absolute Gasteiger partial charge is 0.489 e. The Balaban J connectivity index is 1.56. The first-order valence-electron chi connectivity index (χ1n) is 10.9. The summed E-state index contributed by atoms with van der Waals surface area (Å²) in [6.45, 7) is 6.53. The lowest BCUT2D eigenvalue weighted by atomic mass is 10.0. The van der Waals surface area contributed by atoms with Gasteiger partial charge < -0.3 is 9.30 Å². The van der Waals surface area contributed by atoms with Crippen LogP contribution in [0.1, 0.15) is 33.6 Å². The molecule has 4 aromatic rings. The molecule has 0 atom stereocenters. The minimum Gasteiger partial charge on any atom is -0.489 e. The van der Waals surface area contributed by atoms with Gasteiger partial charge in [0.2, 0.25) is 0 Å². The zero-order valence-electron chi connectivity index (χ0n) is 19.3. The first-order chi connectivity index (χ1) is 16.4. The Morgan fingerprint density at radius 1 is 0.941 bits per heavy atom. The molecule has 1 aromatic heterocycles. The summed E-state index contributed by atoms with van der Waals surface area (Å²) in [5.74, 6) is 0.753. The average Bonchev–Trinajstić information content (AvgIpc) is 3.10. The smallest absolute Gasteiger partial charge is 0.119 e.